The predicted octanol–water partition coefficient (Wildman–Crippen LogP) is 5.06. The third kappa shape index (κ3) is 6.81. The molecule has 1 amide bonds. The number of thioether (sulfide) groups is 1. The fourth-order valence-electron chi connectivity index (χ4n) is 4.09. The largest absolute Gasteiger partial charge is 0.476 e. The Morgan fingerprint density at radius 2 is 2.06 bits per heavy atom. The average molecular weight is 509 g/mol. The van der Waals surface area contributed by atoms with E-state index in [0.29, 0.717) is 29.5 Å². The van der Waals surface area contributed by atoms with Gasteiger partial charge in [-0.2, -0.15) is 0 Å². The second-order valence-electron chi connectivity index (χ2n) is 8.57. The number of carbonyl (C=O) groups excluding carboxylic acids is 1. The summed E-state index contributed by atoms with van der Waals surface area (Å²) in [6.07, 6.45) is 4.82. The van der Waals surface area contributed by atoms with Gasteiger partial charge in [0.1, 0.15) is 0 Å². The average Bonchev–Trinajstić information content (AvgIpc) is 3.46. The number of carbonyl (C=O) groups is 2. The Morgan fingerprint density at radius 1 is 1.26 bits per heavy atom. The molecule has 0 aliphatic carbocycles. The van der Waals surface area contributed by atoms with Gasteiger partial charge >= 0.3 is 5.97 Å². The van der Waals surface area contributed by atoms with Crippen LogP contribution in [0.4, 0.5) is 0 Å². The zero-order valence-electron chi connectivity index (χ0n) is 19.5. The topological polar surface area (TPSA) is 90.7 Å². The predicted molar refractivity (Wildman–Crippen MR) is 140 cm³/mol. The number of hydrogen-bond donors (Lipinski definition) is 2. The van der Waals surface area contributed by atoms with Crippen LogP contribution >= 0.6 is 23.1 Å². The Morgan fingerprint density at radius 3 is 2.80 bits per heavy atom. The van der Waals surface area contributed by atoms with Crippen LogP contribution in [0.3, 0.4) is 0 Å². The first-order valence-electron chi connectivity index (χ1n) is 11.5. The van der Waals surface area contributed by atoms with E-state index in [4.69, 9.17) is 5.11 Å². The van der Waals surface area contributed by atoms with Crippen molar-refractivity contribution in [2.45, 2.75) is 42.7 Å². The van der Waals surface area contributed by atoms with Crippen LogP contribution in [0.2, 0.25) is 0 Å². The molecular weight excluding hydrogens is 480 g/mol. The number of aliphatic hydroxyl groups excluding tert-OH is 1. The number of thiazole rings is 1. The molecule has 1 saturated heterocycles. The lowest BCUT2D eigenvalue weighted by atomic mass is 9.99. The van der Waals surface area contributed by atoms with E-state index >= 15 is 0 Å². The number of likely N-dealkylation sites (tertiary alicyclic amines) is 1. The van der Waals surface area contributed by atoms with Crippen LogP contribution < -0.4 is 0 Å². The van der Waals surface area contributed by atoms with Crippen LogP contribution in [-0.2, 0) is 11.2 Å². The molecule has 1 aliphatic heterocycles. The summed E-state index contributed by atoms with van der Waals surface area (Å²) in [7, 11) is 0. The summed E-state index contributed by atoms with van der Waals surface area (Å²) in [5.41, 5.74) is 4.60. The molecule has 1 aliphatic rings. The number of aromatic carboxylic acids is 1. The molecule has 3 aromatic rings. The summed E-state index contributed by atoms with van der Waals surface area (Å²) >= 11 is 2.75. The van der Waals surface area contributed by atoms with Gasteiger partial charge in [0.15, 0.2) is 10.0 Å². The van der Waals surface area contributed by atoms with Gasteiger partial charge in [-0.3, -0.25) is 4.79 Å². The van der Waals surface area contributed by atoms with Crippen LogP contribution in [0.5, 0.6) is 0 Å². The smallest absolute Gasteiger partial charge is 0.355 e. The summed E-state index contributed by atoms with van der Waals surface area (Å²) in [6.45, 7) is 2.62. The maximum absolute atomic E-state index is 12.4. The van der Waals surface area contributed by atoms with Crippen LogP contribution in [0.15, 0.2) is 70.4 Å². The Hall–Kier alpha value is -2.94. The molecule has 8 heteroatoms. The number of carboxylic acid groups (broad SMARTS) is 1. The van der Waals surface area contributed by atoms with Crippen molar-refractivity contribution < 1.29 is 19.8 Å². The van der Waals surface area contributed by atoms with Crippen LogP contribution in [0.1, 0.15) is 34.5 Å². The number of aliphatic hydroxyl groups is 1. The molecule has 2 N–H and O–H groups in total. The Bertz CT molecular complexity index is 1210. The number of aryl methyl sites for hydroxylation is 1. The van der Waals surface area contributed by atoms with Crippen molar-refractivity contribution in [2.75, 3.05) is 12.3 Å². The van der Waals surface area contributed by atoms with E-state index in [9.17, 15) is 14.7 Å². The molecule has 0 spiro atoms. The van der Waals surface area contributed by atoms with E-state index in [1.165, 1.54) is 34.0 Å². The molecule has 35 heavy (non-hydrogen) atoms. The lowest BCUT2D eigenvalue weighted by Gasteiger charge is -2.22. The highest BCUT2D eigenvalue weighted by atomic mass is 32.2. The lowest BCUT2D eigenvalue weighted by molar-refractivity contribution is -0.128. The molecule has 182 valence electrons. The minimum absolute atomic E-state index is 0.0393. The molecule has 4 rings (SSSR count). The second-order valence-corrected chi connectivity index (χ2v) is 10.8. The van der Waals surface area contributed by atoms with Crippen molar-refractivity contribution >= 4 is 35.0 Å². The Labute approximate surface area is 213 Å². The van der Waals surface area contributed by atoms with Gasteiger partial charge in [0.25, 0.3) is 0 Å². The molecule has 2 aromatic carbocycles. The van der Waals surface area contributed by atoms with Crippen molar-refractivity contribution in [1.29, 1.82) is 0 Å². The van der Waals surface area contributed by atoms with Crippen molar-refractivity contribution in [2.24, 2.45) is 0 Å². The maximum Gasteiger partial charge on any atom is 0.355 e. The number of rotatable bonds is 10. The summed E-state index contributed by atoms with van der Waals surface area (Å²) in [4.78, 5) is 29.3. The van der Waals surface area contributed by atoms with Gasteiger partial charge in [0, 0.05) is 30.5 Å². The van der Waals surface area contributed by atoms with Gasteiger partial charge in [0.05, 0.1) is 12.1 Å². The molecule has 1 aromatic heterocycles. The van der Waals surface area contributed by atoms with E-state index in [2.05, 4.69) is 48.3 Å². The van der Waals surface area contributed by atoms with E-state index in [1.807, 2.05) is 23.1 Å². The molecule has 0 saturated carbocycles. The molecule has 0 unspecified atom stereocenters. The van der Waals surface area contributed by atoms with Crippen LogP contribution in [0.25, 0.3) is 11.1 Å². The van der Waals surface area contributed by atoms with Gasteiger partial charge in [-0.1, -0.05) is 78.0 Å². The fourth-order valence-corrected chi connectivity index (χ4v) is 5.90. The number of aromatic nitrogens is 1. The summed E-state index contributed by atoms with van der Waals surface area (Å²) in [5.74, 6) is -0.295. The number of nitrogens with zero attached hydrogens (tertiary/aromatic N) is 2. The zero-order valence-corrected chi connectivity index (χ0v) is 21.1. The highest BCUT2D eigenvalue weighted by Crippen LogP contribution is 2.26. The zero-order chi connectivity index (χ0) is 24.8. The summed E-state index contributed by atoms with van der Waals surface area (Å²) in [5, 5.41) is 21.1. The van der Waals surface area contributed by atoms with Crippen molar-refractivity contribution in [3.63, 3.8) is 0 Å². The van der Waals surface area contributed by atoms with E-state index in [0.717, 1.165) is 23.1 Å². The molecule has 0 radical (unpaired) electrons. The minimum Gasteiger partial charge on any atom is -0.476 e. The highest BCUT2D eigenvalue weighted by Gasteiger charge is 2.28. The molecule has 6 nitrogen and oxygen atoms in total. The Kier molecular flexibility index (Phi) is 8.38. The first kappa shape index (κ1) is 25.2. The summed E-state index contributed by atoms with van der Waals surface area (Å²) in [6, 6.07) is 16.6. The van der Waals surface area contributed by atoms with E-state index in [-0.39, 0.29) is 17.6 Å². The Balaban J connectivity index is 1.31. The standard InChI is InChI=1S/C27H28N2O4S2/c1-18-5-7-20(8-6-18)21-4-2-3-19(15-21)16-23(30)11-9-22-10-12-25(31)29(22)13-14-34-27-28-24(17-35-27)26(32)33/h2-9,11,15,17,22-23,30H,10,12-14,16H2,1H3,(H,32,33)/t22-,23+/m0/s1. The third-order valence-electron chi connectivity index (χ3n) is 5.95. The molecular formula is C27H28N2O4S2. The van der Waals surface area contributed by atoms with Crippen LogP contribution in [0, 0.1) is 6.92 Å². The van der Waals surface area contributed by atoms with Gasteiger partial charge in [0.2, 0.25) is 5.91 Å². The quantitative estimate of drug-likeness (QED) is 0.294. The van der Waals surface area contributed by atoms with E-state index in [1.54, 1.807) is 6.08 Å². The first-order chi connectivity index (χ1) is 16.9. The molecule has 1 fully saturated rings. The van der Waals surface area contributed by atoms with Gasteiger partial charge < -0.3 is 15.1 Å². The minimum atomic E-state index is -1.03. The normalized spacial score (nSPS) is 16.8. The maximum atomic E-state index is 12.4. The number of carboxylic acids is 1. The number of amides is 1. The van der Waals surface area contributed by atoms with Gasteiger partial charge in [-0.05, 0) is 30.0 Å². The highest BCUT2D eigenvalue weighted by molar-refractivity contribution is 8.01. The molecule has 2 atom stereocenters. The van der Waals surface area contributed by atoms with E-state index < -0.39 is 12.1 Å². The van der Waals surface area contributed by atoms with Crippen molar-refractivity contribution in [1.82, 2.24) is 9.88 Å². The monoisotopic (exact) mass is 508 g/mol. The van der Waals surface area contributed by atoms with Crippen molar-refractivity contribution in [3.05, 3.63) is 82.9 Å². The fraction of sp³-hybridized carbons (Fsp3) is 0.296. The van der Waals surface area contributed by atoms with Gasteiger partial charge in [-0.15, -0.1) is 11.3 Å². The van der Waals surface area contributed by atoms with Gasteiger partial charge in [-0.25, -0.2) is 9.78 Å². The summed E-state index contributed by atoms with van der Waals surface area (Å²) < 4.78 is 0.685. The molecule has 0 bridgehead atoms. The first-order valence-corrected chi connectivity index (χ1v) is 13.4. The van der Waals surface area contributed by atoms with Crippen LogP contribution in [-0.4, -0.2) is 56.4 Å². The number of benzene rings is 2. The third-order valence-corrected chi connectivity index (χ3v) is 7.95. The SMILES string of the molecule is Cc1ccc(-c2cccc(C[C@H](O)C=C[C@H]3CCC(=O)N3CCSc3nc(C(=O)O)cs3)c2)cc1. The van der Waals surface area contributed by atoms with Crippen molar-refractivity contribution in [3.8, 4) is 11.1 Å². The second kappa shape index (κ2) is 11.7. The molecule has 2 heterocycles. The lowest BCUT2D eigenvalue weighted by Crippen LogP contribution is -2.33. The number of hydrogen-bond acceptors (Lipinski definition) is 6.